The summed E-state index contributed by atoms with van der Waals surface area (Å²) >= 11 is 0. The molecular weight excluding hydrogens is 324 g/mol. The Bertz CT molecular complexity index is 722. The van der Waals surface area contributed by atoms with E-state index in [9.17, 15) is 4.79 Å². The fraction of sp³-hybridized carbons (Fsp3) is 0.409. The highest BCUT2D eigenvalue weighted by Gasteiger charge is 2.25. The van der Waals surface area contributed by atoms with Crippen LogP contribution in [0.4, 0.5) is 4.79 Å². The summed E-state index contributed by atoms with van der Waals surface area (Å²) in [6.07, 6.45) is 2.68. The van der Waals surface area contributed by atoms with Crippen molar-refractivity contribution < 1.29 is 9.53 Å². The topological polar surface area (TPSA) is 55.6 Å². The van der Waals surface area contributed by atoms with Gasteiger partial charge in [-0.25, -0.2) is 4.79 Å². The maximum atomic E-state index is 12.3. The van der Waals surface area contributed by atoms with Crippen molar-refractivity contribution in [3.05, 3.63) is 70.8 Å². The number of nitrogens with zero attached hydrogens (tertiary/aromatic N) is 1. The van der Waals surface area contributed by atoms with E-state index in [1.54, 1.807) is 0 Å². The van der Waals surface area contributed by atoms with E-state index in [-0.39, 0.29) is 6.09 Å². The summed E-state index contributed by atoms with van der Waals surface area (Å²) in [5, 5.41) is 0. The largest absolute Gasteiger partial charge is 0.445 e. The quantitative estimate of drug-likeness (QED) is 0.884. The van der Waals surface area contributed by atoms with Crippen molar-refractivity contribution in [1.29, 1.82) is 0 Å². The van der Waals surface area contributed by atoms with Crippen molar-refractivity contribution in [1.82, 2.24) is 4.90 Å². The monoisotopic (exact) mass is 352 g/mol. The molecular formula is C22H28N2O2. The number of nitrogens with two attached hydrogens (primary N) is 1. The van der Waals surface area contributed by atoms with Crippen molar-refractivity contribution in [2.75, 3.05) is 19.6 Å². The summed E-state index contributed by atoms with van der Waals surface area (Å²) in [5.41, 5.74) is 10.7. The van der Waals surface area contributed by atoms with Gasteiger partial charge in [0.15, 0.2) is 0 Å². The molecule has 26 heavy (non-hydrogen) atoms. The predicted molar refractivity (Wildman–Crippen MR) is 104 cm³/mol. The van der Waals surface area contributed by atoms with Gasteiger partial charge < -0.3 is 15.4 Å². The first kappa shape index (κ1) is 18.5. The van der Waals surface area contributed by atoms with Gasteiger partial charge in [0.2, 0.25) is 0 Å². The SMILES string of the molecule is Cc1cc(CCN)ccc1C1CCN(C(=O)OCc2ccccc2)CC1. The molecule has 0 radical (unpaired) electrons. The van der Waals surface area contributed by atoms with Gasteiger partial charge in [-0.2, -0.15) is 0 Å². The first-order valence-corrected chi connectivity index (χ1v) is 9.42. The number of hydrogen-bond acceptors (Lipinski definition) is 3. The Balaban J connectivity index is 1.51. The molecule has 1 aliphatic rings. The van der Waals surface area contributed by atoms with E-state index in [4.69, 9.17) is 10.5 Å². The predicted octanol–water partition coefficient (Wildman–Crippen LogP) is 4.01. The average Bonchev–Trinajstić information content (AvgIpc) is 2.67. The van der Waals surface area contributed by atoms with Crippen LogP contribution < -0.4 is 5.73 Å². The molecule has 0 unspecified atom stereocenters. The van der Waals surface area contributed by atoms with Crippen LogP contribution in [-0.2, 0) is 17.8 Å². The molecule has 3 rings (SSSR count). The van der Waals surface area contributed by atoms with E-state index in [2.05, 4.69) is 25.1 Å². The lowest BCUT2D eigenvalue weighted by Crippen LogP contribution is -2.38. The van der Waals surface area contributed by atoms with E-state index in [1.807, 2.05) is 35.2 Å². The minimum atomic E-state index is -0.206. The Kier molecular flexibility index (Phi) is 6.29. The molecule has 1 amide bonds. The highest BCUT2D eigenvalue weighted by molar-refractivity contribution is 5.67. The van der Waals surface area contributed by atoms with Crippen molar-refractivity contribution in [2.24, 2.45) is 5.73 Å². The lowest BCUT2D eigenvalue weighted by molar-refractivity contribution is 0.0870. The molecule has 0 spiro atoms. The fourth-order valence-electron chi connectivity index (χ4n) is 3.70. The number of ether oxygens (including phenoxy) is 1. The maximum absolute atomic E-state index is 12.3. The van der Waals surface area contributed by atoms with Crippen LogP contribution in [0, 0.1) is 6.92 Å². The summed E-state index contributed by atoms with van der Waals surface area (Å²) in [5.74, 6) is 0.514. The molecule has 0 bridgehead atoms. The van der Waals surface area contributed by atoms with Crippen LogP contribution in [0.15, 0.2) is 48.5 Å². The van der Waals surface area contributed by atoms with Crippen LogP contribution in [-0.4, -0.2) is 30.6 Å². The molecule has 1 saturated heterocycles. The van der Waals surface area contributed by atoms with Crippen molar-refractivity contribution in [2.45, 2.75) is 38.7 Å². The van der Waals surface area contributed by atoms with Gasteiger partial charge in [-0.1, -0.05) is 48.5 Å². The summed E-state index contributed by atoms with van der Waals surface area (Å²) in [6, 6.07) is 16.5. The van der Waals surface area contributed by atoms with Crippen LogP contribution in [0.2, 0.25) is 0 Å². The molecule has 0 atom stereocenters. The molecule has 2 N–H and O–H groups in total. The molecule has 2 aromatic carbocycles. The zero-order valence-electron chi connectivity index (χ0n) is 15.5. The second-order valence-electron chi connectivity index (χ2n) is 7.03. The standard InChI is InChI=1S/C22H28N2O2/c1-17-15-18(9-12-23)7-8-21(17)20-10-13-24(14-11-20)22(25)26-16-19-5-3-2-4-6-19/h2-8,15,20H,9-14,16,23H2,1H3. The van der Waals surface area contributed by atoms with Crippen molar-refractivity contribution in [3.63, 3.8) is 0 Å². The lowest BCUT2D eigenvalue weighted by Gasteiger charge is -2.32. The maximum Gasteiger partial charge on any atom is 0.410 e. The first-order chi connectivity index (χ1) is 12.7. The molecule has 0 aliphatic carbocycles. The molecule has 4 nitrogen and oxygen atoms in total. The number of benzene rings is 2. The van der Waals surface area contributed by atoms with Gasteiger partial charge in [0.1, 0.15) is 6.61 Å². The normalized spacial score (nSPS) is 15.1. The second-order valence-corrected chi connectivity index (χ2v) is 7.03. The molecule has 4 heteroatoms. The smallest absolute Gasteiger partial charge is 0.410 e. The van der Waals surface area contributed by atoms with Crippen LogP contribution in [0.25, 0.3) is 0 Å². The lowest BCUT2D eigenvalue weighted by atomic mass is 9.86. The first-order valence-electron chi connectivity index (χ1n) is 9.42. The Labute approximate surface area is 156 Å². The Morgan fingerprint density at radius 2 is 1.85 bits per heavy atom. The van der Waals surface area contributed by atoms with E-state index in [1.165, 1.54) is 16.7 Å². The van der Waals surface area contributed by atoms with E-state index >= 15 is 0 Å². The summed E-state index contributed by atoms with van der Waals surface area (Å²) in [6.45, 7) is 4.70. The second kappa shape index (κ2) is 8.86. The number of carbonyl (C=O) groups excluding carboxylic acids is 1. The Morgan fingerprint density at radius 1 is 1.12 bits per heavy atom. The summed E-state index contributed by atoms with van der Waals surface area (Å²) in [4.78, 5) is 14.1. The van der Waals surface area contributed by atoms with Crippen LogP contribution in [0.1, 0.15) is 41.0 Å². The Hall–Kier alpha value is -2.33. The van der Waals surface area contributed by atoms with Gasteiger partial charge in [-0.3, -0.25) is 0 Å². The van der Waals surface area contributed by atoms with E-state index < -0.39 is 0 Å². The molecule has 2 aromatic rings. The minimum Gasteiger partial charge on any atom is -0.445 e. The summed E-state index contributed by atoms with van der Waals surface area (Å²) in [7, 11) is 0. The van der Waals surface area contributed by atoms with Gasteiger partial charge in [-0.15, -0.1) is 0 Å². The Morgan fingerprint density at radius 3 is 2.50 bits per heavy atom. The van der Waals surface area contributed by atoms with E-state index in [0.29, 0.717) is 19.1 Å². The minimum absolute atomic E-state index is 0.206. The van der Waals surface area contributed by atoms with Gasteiger partial charge in [0, 0.05) is 13.1 Å². The van der Waals surface area contributed by atoms with Crippen LogP contribution >= 0.6 is 0 Å². The number of hydrogen-bond donors (Lipinski definition) is 1. The van der Waals surface area contributed by atoms with Crippen LogP contribution in [0.3, 0.4) is 0 Å². The highest BCUT2D eigenvalue weighted by Crippen LogP contribution is 2.31. The number of piperidine rings is 1. The number of carbonyl (C=O) groups is 1. The molecule has 1 heterocycles. The van der Waals surface area contributed by atoms with Crippen molar-refractivity contribution in [3.8, 4) is 0 Å². The van der Waals surface area contributed by atoms with Crippen molar-refractivity contribution >= 4 is 6.09 Å². The molecule has 0 aromatic heterocycles. The van der Waals surface area contributed by atoms with Gasteiger partial charge >= 0.3 is 6.09 Å². The van der Waals surface area contributed by atoms with Gasteiger partial charge in [-0.05, 0) is 60.9 Å². The highest BCUT2D eigenvalue weighted by atomic mass is 16.6. The third-order valence-corrected chi connectivity index (χ3v) is 5.17. The molecule has 0 saturated carbocycles. The third-order valence-electron chi connectivity index (χ3n) is 5.17. The zero-order valence-corrected chi connectivity index (χ0v) is 15.5. The van der Waals surface area contributed by atoms with Gasteiger partial charge in [0.05, 0.1) is 0 Å². The molecule has 1 aliphatic heterocycles. The number of aryl methyl sites for hydroxylation is 1. The third kappa shape index (κ3) is 4.64. The fourth-order valence-corrected chi connectivity index (χ4v) is 3.70. The van der Waals surface area contributed by atoms with Crippen LogP contribution in [0.5, 0.6) is 0 Å². The molecule has 138 valence electrons. The summed E-state index contributed by atoms with van der Waals surface area (Å²) < 4.78 is 5.45. The number of rotatable bonds is 5. The van der Waals surface area contributed by atoms with E-state index in [0.717, 1.165) is 37.9 Å². The van der Waals surface area contributed by atoms with Gasteiger partial charge in [0.25, 0.3) is 0 Å². The molecule has 1 fully saturated rings. The average molecular weight is 352 g/mol. The zero-order chi connectivity index (χ0) is 18.4. The number of likely N-dealkylation sites (tertiary alicyclic amines) is 1. The number of amides is 1.